The van der Waals surface area contributed by atoms with E-state index in [1.807, 2.05) is 30.3 Å². The smallest absolute Gasteiger partial charge is 0.274 e. The van der Waals surface area contributed by atoms with Crippen molar-refractivity contribution in [1.82, 2.24) is 14.9 Å². The largest absolute Gasteiger partial charge is 0.379 e. The minimum absolute atomic E-state index is 0.0574. The van der Waals surface area contributed by atoms with E-state index in [4.69, 9.17) is 4.74 Å². The number of anilines is 1. The first-order valence-electron chi connectivity index (χ1n) is 11.4. The van der Waals surface area contributed by atoms with Gasteiger partial charge in [0.25, 0.3) is 12.3 Å². The van der Waals surface area contributed by atoms with Crippen LogP contribution in [0, 0.1) is 0 Å². The Bertz CT molecular complexity index is 1340. The molecule has 0 saturated carbocycles. The number of halogens is 2. The summed E-state index contributed by atoms with van der Waals surface area (Å²) < 4.78 is 31.8. The number of hydrogen-bond donors (Lipinski definition) is 1. The molecule has 2 aromatic carbocycles. The number of ether oxygens (including phenoxy) is 1. The van der Waals surface area contributed by atoms with Crippen molar-refractivity contribution in [3.8, 4) is 11.1 Å². The van der Waals surface area contributed by atoms with Gasteiger partial charge in [-0.15, -0.1) is 0 Å². The van der Waals surface area contributed by atoms with Crippen LogP contribution in [-0.2, 0) is 11.3 Å². The van der Waals surface area contributed by atoms with E-state index in [1.54, 1.807) is 30.5 Å². The van der Waals surface area contributed by atoms with E-state index < -0.39 is 6.43 Å². The van der Waals surface area contributed by atoms with E-state index >= 15 is 0 Å². The van der Waals surface area contributed by atoms with Crippen LogP contribution < -0.4 is 5.32 Å². The minimum atomic E-state index is -2.56. The molecule has 0 radical (unpaired) electrons. The van der Waals surface area contributed by atoms with Gasteiger partial charge in [-0.25, -0.2) is 13.8 Å². The fourth-order valence-electron chi connectivity index (χ4n) is 4.12. The molecule has 1 amide bonds. The van der Waals surface area contributed by atoms with Crippen LogP contribution in [0.4, 0.5) is 14.5 Å². The first-order chi connectivity index (χ1) is 17.1. The fraction of sp³-hybridized carbons (Fsp3) is 0.222. The monoisotopic (exact) mass is 474 g/mol. The number of nitrogens with one attached hydrogen (secondary N) is 1. The highest BCUT2D eigenvalue weighted by Gasteiger charge is 2.15. The minimum Gasteiger partial charge on any atom is -0.379 e. The highest BCUT2D eigenvalue weighted by atomic mass is 19.3. The number of hydrogen-bond acceptors (Lipinski definition) is 5. The third-order valence-corrected chi connectivity index (χ3v) is 5.97. The maximum Gasteiger partial charge on any atom is 0.274 e. The Hall–Kier alpha value is -3.75. The Morgan fingerprint density at radius 3 is 2.63 bits per heavy atom. The molecule has 8 heteroatoms. The second-order valence-corrected chi connectivity index (χ2v) is 8.38. The zero-order valence-electron chi connectivity index (χ0n) is 19.0. The summed E-state index contributed by atoms with van der Waals surface area (Å²) in [5.74, 6) is -0.370. The summed E-state index contributed by atoms with van der Waals surface area (Å²) in [6, 6.07) is 18.9. The topological polar surface area (TPSA) is 67.4 Å². The molecule has 0 spiro atoms. The molecule has 35 heavy (non-hydrogen) atoms. The standard InChI is InChI=1S/C27H24F2N4O2/c28-26(29)20-5-1-4-19(15-20)23-6-2-3-18-7-10-24(32-25(18)23)27(34)31-21-8-9-22(30-16-21)17-33-11-13-35-14-12-33/h1-10,15-16,26H,11-14,17H2,(H,31,34). The molecule has 1 aliphatic heterocycles. The molecule has 4 aromatic rings. The Labute approximate surface area is 201 Å². The van der Waals surface area contributed by atoms with E-state index in [9.17, 15) is 13.6 Å². The van der Waals surface area contributed by atoms with Crippen molar-refractivity contribution >= 4 is 22.5 Å². The molecule has 1 N–H and O–H groups in total. The van der Waals surface area contributed by atoms with Gasteiger partial charge < -0.3 is 10.1 Å². The lowest BCUT2D eigenvalue weighted by Gasteiger charge is -2.26. The van der Waals surface area contributed by atoms with Crippen molar-refractivity contribution in [2.75, 3.05) is 31.6 Å². The summed E-state index contributed by atoms with van der Waals surface area (Å²) in [5, 5.41) is 3.66. The Morgan fingerprint density at radius 2 is 1.86 bits per heavy atom. The third kappa shape index (κ3) is 5.34. The summed E-state index contributed by atoms with van der Waals surface area (Å²) in [7, 11) is 0. The summed E-state index contributed by atoms with van der Waals surface area (Å²) >= 11 is 0. The second kappa shape index (κ2) is 10.2. The molecule has 0 aliphatic carbocycles. The van der Waals surface area contributed by atoms with Crippen molar-refractivity contribution in [2.24, 2.45) is 0 Å². The molecule has 0 unspecified atom stereocenters. The van der Waals surface area contributed by atoms with Gasteiger partial charge in [-0.1, -0.05) is 42.5 Å². The van der Waals surface area contributed by atoms with E-state index in [0.29, 0.717) is 22.3 Å². The maximum absolute atomic E-state index is 13.2. The normalized spacial score (nSPS) is 14.4. The highest BCUT2D eigenvalue weighted by Crippen LogP contribution is 2.30. The number of pyridine rings is 2. The van der Waals surface area contributed by atoms with Crippen LogP contribution in [0.2, 0.25) is 0 Å². The lowest BCUT2D eigenvalue weighted by atomic mass is 10.00. The average molecular weight is 475 g/mol. The molecule has 2 aromatic heterocycles. The van der Waals surface area contributed by atoms with Gasteiger partial charge >= 0.3 is 0 Å². The number of morpholine rings is 1. The highest BCUT2D eigenvalue weighted by molar-refractivity contribution is 6.05. The van der Waals surface area contributed by atoms with E-state index in [1.165, 1.54) is 12.1 Å². The van der Waals surface area contributed by atoms with E-state index in [-0.39, 0.29) is 17.2 Å². The van der Waals surface area contributed by atoms with E-state index in [0.717, 1.165) is 43.9 Å². The van der Waals surface area contributed by atoms with Gasteiger partial charge in [-0.05, 0) is 29.8 Å². The molecular formula is C27H24F2N4O2. The summed E-state index contributed by atoms with van der Waals surface area (Å²) in [5.41, 5.74) is 3.55. The first kappa shape index (κ1) is 23.0. The van der Waals surface area contributed by atoms with Crippen molar-refractivity contribution in [2.45, 2.75) is 13.0 Å². The van der Waals surface area contributed by atoms with Crippen molar-refractivity contribution < 1.29 is 18.3 Å². The van der Waals surface area contributed by atoms with Crippen LogP contribution >= 0.6 is 0 Å². The average Bonchev–Trinajstić information content (AvgIpc) is 2.90. The maximum atomic E-state index is 13.2. The number of nitrogens with zero attached hydrogens (tertiary/aromatic N) is 3. The lowest BCUT2D eigenvalue weighted by molar-refractivity contribution is 0.0336. The number of fused-ring (bicyclic) bond motifs is 1. The van der Waals surface area contributed by atoms with Gasteiger partial charge in [0.2, 0.25) is 0 Å². The predicted octanol–water partition coefficient (Wildman–Crippen LogP) is 5.32. The van der Waals surface area contributed by atoms with Crippen molar-refractivity contribution in [3.05, 3.63) is 89.9 Å². The number of aromatic nitrogens is 2. The number of amides is 1. The summed E-state index contributed by atoms with van der Waals surface area (Å²) in [6.45, 7) is 3.95. The first-order valence-corrected chi connectivity index (χ1v) is 11.4. The van der Waals surface area contributed by atoms with Gasteiger partial charge in [0.05, 0.1) is 36.3 Å². The van der Waals surface area contributed by atoms with Crippen LogP contribution in [0.3, 0.4) is 0 Å². The molecule has 178 valence electrons. The predicted molar refractivity (Wildman–Crippen MR) is 130 cm³/mol. The lowest BCUT2D eigenvalue weighted by Crippen LogP contribution is -2.35. The van der Waals surface area contributed by atoms with Crippen LogP contribution in [0.1, 0.15) is 28.2 Å². The number of carbonyl (C=O) groups is 1. The molecule has 0 bridgehead atoms. The summed E-state index contributed by atoms with van der Waals surface area (Å²) in [6.07, 6.45) is -0.927. The molecule has 3 heterocycles. The zero-order chi connectivity index (χ0) is 24.2. The number of carbonyl (C=O) groups excluding carboxylic acids is 1. The van der Waals surface area contributed by atoms with Gasteiger partial charge in [0.1, 0.15) is 5.69 Å². The molecule has 1 fully saturated rings. The van der Waals surface area contributed by atoms with Crippen molar-refractivity contribution in [3.63, 3.8) is 0 Å². The third-order valence-electron chi connectivity index (χ3n) is 5.97. The summed E-state index contributed by atoms with van der Waals surface area (Å²) in [4.78, 5) is 24.2. The molecule has 5 rings (SSSR count). The number of para-hydroxylation sites is 1. The van der Waals surface area contributed by atoms with Crippen LogP contribution in [-0.4, -0.2) is 47.1 Å². The van der Waals surface area contributed by atoms with Gasteiger partial charge in [-0.3, -0.25) is 14.7 Å². The number of alkyl halides is 2. The van der Waals surface area contributed by atoms with Crippen LogP contribution in [0.25, 0.3) is 22.0 Å². The Morgan fingerprint density at radius 1 is 1.03 bits per heavy atom. The van der Waals surface area contributed by atoms with Crippen molar-refractivity contribution in [1.29, 1.82) is 0 Å². The van der Waals surface area contributed by atoms with Gasteiger partial charge in [-0.2, -0.15) is 0 Å². The molecular weight excluding hydrogens is 450 g/mol. The quantitative estimate of drug-likeness (QED) is 0.410. The van der Waals surface area contributed by atoms with Gasteiger partial charge in [0.15, 0.2) is 0 Å². The molecule has 6 nitrogen and oxygen atoms in total. The van der Waals surface area contributed by atoms with E-state index in [2.05, 4.69) is 20.2 Å². The molecule has 0 atom stereocenters. The molecule has 1 aliphatic rings. The number of rotatable bonds is 6. The Balaban J connectivity index is 1.35. The fourth-order valence-corrected chi connectivity index (χ4v) is 4.12. The zero-order valence-corrected chi connectivity index (χ0v) is 19.0. The Kier molecular flexibility index (Phi) is 6.74. The van der Waals surface area contributed by atoms with Crippen LogP contribution in [0.15, 0.2) is 72.9 Å². The molecule has 1 saturated heterocycles. The second-order valence-electron chi connectivity index (χ2n) is 8.38. The SMILES string of the molecule is O=C(Nc1ccc(CN2CCOCC2)nc1)c1ccc2cccc(-c3cccc(C(F)F)c3)c2n1. The van der Waals surface area contributed by atoms with Gasteiger partial charge in [0, 0.05) is 36.1 Å². The number of benzene rings is 2. The van der Waals surface area contributed by atoms with Crippen LogP contribution in [0.5, 0.6) is 0 Å².